The van der Waals surface area contributed by atoms with E-state index in [1.165, 1.54) is 5.56 Å². The highest BCUT2D eigenvalue weighted by molar-refractivity contribution is 5.93. The van der Waals surface area contributed by atoms with Gasteiger partial charge in [0.25, 0.3) is 5.91 Å². The SMILES string of the molecule is CC(C)(C)[C@H]1CCc2onc(C(=O)NCCOc3ccc(-c4ccccc4)cc3)c2C1. The lowest BCUT2D eigenvalue weighted by atomic mass is 9.71. The van der Waals surface area contributed by atoms with Crippen LogP contribution in [0.1, 0.15) is 49.0 Å². The van der Waals surface area contributed by atoms with E-state index in [1.54, 1.807) is 0 Å². The second kappa shape index (κ2) is 8.96. The van der Waals surface area contributed by atoms with Gasteiger partial charge in [-0.1, -0.05) is 68.4 Å². The Kier molecular flexibility index (Phi) is 6.12. The predicted molar refractivity (Wildman–Crippen MR) is 121 cm³/mol. The van der Waals surface area contributed by atoms with Crippen molar-refractivity contribution in [2.75, 3.05) is 13.2 Å². The van der Waals surface area contributed by atoms with Crippen LogP contribution in [0.2, 0.25) is 0 Å². The normalized spacial score (nSPS) is 15.9. The monoisotopic (exact) mass is 418 g/mol. The van der Waals surface area contributed by atoms with Crippen LogP contribution in [0.3, 0.4) is 0 Å². The molecule has 0 saturated heterocycles. The first-order valence-corrected chi connectivity index (χ1v) is 11.0. The Balaban J connectivity index is 1.28. The van der Waals surface area contributed by atoms with Crippen molar-refractivity contribution in [3.8, 4) is 16.9 Å². The van der Waals surface area contributed by atoms with Gasteiger partial charge in [0.1, 0.15) is 18.1 Å². The van der Waals surface area contributed by atoms with Crippen LogP contribution in [0, 0.1) is 11.3 Å². The number of benzene rings is 2. The zero-order chi connectivity index (χ0) is 21.8. The van der Waals surface area contributed by atoms with E-state index in [4.69, 9.17) is 9.26 Å². The first kappa shape index (κ1) is 21.2. The predicted octanol–water partition coefficient (Wildman–Crippen LogP) is 5.30. The van der Waals surface area contributed by atoms with Gasteiger partial charge in [-0.2, -0.15) is 0 Å². The summed E-state index contributed by atoms with van der Waals surface area (Å²) >= 11 is 0. The average Bonchev–Trinajstić information content (AvgIpc) is 3.20. The fourth-order valence-corrected chi connectivity index (χ4v) is 4.11. The molecule has 0 unspecified atom stereocenters. The molecule has 1 heterocycles. The third-order valence-electron chi connectivity index (χ3n) is 6.10. The quantitative estimate of drug-likeness (QED) is 0.552. The Morgan fingerprint density at radius 1 is 1.10 bits per heavy atom. The number of nitrogens with one attached hydrogen (secondary N) is 1. The van der Waals surface area contributed by atoms with Crippen molar-refractivity contribution in [1.29, 1.82) is 0 Å². The van der Waals surface area contributed by atoms with E-state index in [-0.39, 0.29) is 11.3 Å². The van der Waals surface area contributed by atoms with E-state index in [1.807, 2.05) is 42.5 Å². The van der Waals surface area contributed by atoms with Crippen LogP contribution >= 0.6 is 0 Å². The van der Waals surface area contributed by atoms with Crippen LogP contribution in [0.25, 0.3) is 11.1 Å². The topological polar surface area (TPSA) is 64.4 Å². The largest absolute Gasteiger partial charge is 0.492 e. The number of rotatable bonds is 6. The number of aryl methyl sites for hydroxylation is 1. The van der Waals surface area contributed by atoms with Gasteiger partial charge in [0.15, 0.2) is 5.69 Å². The van der Waals surface area contributed by atoms with Gasteiger partial charge < -0.3 is 14.6 Å². The summed E-state index contributed by atoms with van der Waals surface area (Å²) in [6.07, 6.45) is 2.76. The van der Waals surface area contributed by atoms with Crippen molar-refractivity contribution in [2.24, 2.45) is 11.3 Å². The zero-order valence-electron chi connectivity index (χ0n) is 18.5. The van der Waals surface area contributed by atoms with Gasteiger partial charge in [-0.15, -0.1) is 0 Å². The van der Waals surface area contributed by atoms with Gasteiger partial charge in [0.2, 0.25) is 0 Å². The maximum absolute atomic E-state index is 12.7. The van der Waals surface area contributed by atoms with Crippen molar-refractivity contribution >= 4 is 5.91 Å². The van der Waals surface area contributed by atoms with Crippen molar-refractivity contribution < 1.29 is 14.1 Å². The Labute approximate surface area is 183 Å². The van der Waals surface area contributed by atoms with E-state index in [0.29, 0.717) is 24.8 Å². The van der Waals surface area contributed by atoms with E-state index < -0.39 is 0 Å². The Hall–Kier alpha value is -3.08. The smallest absolute Gasteiger partial charge is 0.273 e. The molecule has 1 N–H and O–H groups in total. The summed E-state index contributed by atoms with van der Waals surface area (Å²) in [7, 11) is 0. The van der Waals surface area contributed by atoms with Crippen LogP contribution in [0.5, 0.6) is 5.75 Å². The fourth-order valence-electron chi connectivity index (χ4n) is 4.11. The Bertz CT molecular complexity index is 1020. The number of aromatic nitrogens is 1. The van der Waals surface area contributed by atoms with Crippen molar-refractivity contribution in [3.05, 3.63) is 71.6 Å². The van der Waals surface area contributed by atoms with Gasteiger partial charge >= 0.3 is 0 Å². The fraction of sp³-hybridized carbons (Fsp3) is 0.385. The molecular formula is C26H30N2O3. The Morgan fingerprint density at radius 2 is 1.81 bits per heavy atom. The number of carbonyl (C=O) groups excluding carboxylic acids is 1. The van der Waals surface area contributed by atoms with E-state index in [2.05, 4.69) is 43.4 Å². The second-order valence-corrected chi connectivity index (χ2v) is 9.23. The summed E-state index contributed by atoms with van der Waals surface area (Å²) in [5.74, 6) is 1.97. The summed E-state index contributed by atoms with van der Waals surface area (Å²) in [6.45, 7) is 7.55. The molecule has 0 bridgehead atoms. The van der Waals surface area contributed by atoms with Crippen molar-refractivity contribution in [3.63, 3.8) is 0 Å². The molecule has 31 heavy (non-hydrogen) atoms. The first-order valence-electron chi connectivity index (χ1n) is 11.0. The maximum Gasteiger partial charge on any atom is 0.273 e. The molecule has 2 aromatic carbocycles. The minimum Gasteiger partial charge on any atom is -0.492 e. The highest BCUT2D eigenvalue weighted by atomic mass is 16.5. The number of nitrogens with zero attached hydrogens (tertiary/aromatic N) is 1. The van der Waals surface area contributed by atoms with Crippen molar-refractivity contribution in [2.45, 2.75) is 40.0 Å². The molecule has 1 aliphatic carbocycles. The van der Waals surface area contributed by atoms with Crippen molar-refractivity contribution in [1.82, 2.24) is 10.5 Å². The molecule has 1 aliphatic rings. The third kappa shape index (κ3) is 4.98. The summed E-state index contributed by atoms with van der Waals surface area (Å²) in [4.78, 5) is 12.7. The van der Waals surface area contributed by atoms with E-state index in [9.17, 15) is 4.79 Å². The van der Waals surface area contributed by atoms with E-state index >= 15 is 0 Å². The van der Waals surface area contributed by atoms with Crippen LogP contribution in [0.15, 0.2) is 59.1 Å². The lowest BCUT2D eigenvalue weighted by Gasteiger charge is -2.33. The molecular weight excluding hydrogens is 388 g/mol. The number of hydrogen-bond donors (Lipinski definition) is 1. The molecule has 162 valence electrons. The second-order valence-electron chi connectivity index (χ2n) is 9.23. The number of hydrogen-bond acceptors (Lipinski definition) is 4. The van der Waals surface area contributed by atoms with E-state index in [0.717, 1.165) is 41.9 Å². The summed E-state index contributed by atoms with van der Waals surface area (Å²) in [6, 6.07) is 18.2. The molecule has 0 aliphatic heterocycles. The molecule has 5 heteroatoms. The lowest BCUT2D eigenvalue weighted by molar-refractivity contribution is 0.0936. The molecule has 0 radical (unpaired) electrons. The minimum atomic E-state index is -0.192. The van der Waals surface area contributed by atoms with Gasteiger partial charge in [-0.3, -0.25) is 4.79 Å². The number of carbonyl (C=O) groups is 1. The van der Waals surface area contributed by atoms with Gasteiger partial charge in [0, 0.05) is 12.0 Å². The molecule has 1 amide bonds. The molecule has 5 nitrogen and oxygen atoms in total. The number of ether oxygens (including phenoxy) is 1. The number of amides is 1. The first-order chi connectivity index (χ1) is 14.9. The highest BCUT2D eigenvalue weighted by Gasteiger charge is 2.34. The van der Waals surface area contributed by atoms with Gasteiger partial charge in [-0.25, -0.2) is 0 Å². The molecule has 0 fully saturated rings. The van der Waals surface area contributed by atoms with Gasteiger partial charge in [-0.05, 0) is 47.4 Å². The summed E-state index contributed by atoms with van der Waals surface area (Å²) in [5.41, 5.74) is 3.92. The minimum absolute atomic E-state index is 0.192. The molecule has 0 saturated carbocycles. The standard InChI is InChI=1S/C26H30N2O3/c1-26(2,3)20-11-14-23-22(17-20)24(28-31-23)25(29)27-15-16-30-21-12-9-19(10-13-21)18-7-5-4-6-8-18/h4-10,12-13,20H,11,14-17H2,1-3H3,(H,27,29)/t20-/m0/s1. The van der Waals surface area contributed by atoms with Crippen LogP contribution in [-0.4, -0.2) is 24.2 Å². The highest BCUT2D eigenvalue weighted by Crippen LogP contribution is 2.38. The molecule has 0 spiro atoms. The average molecular weight is 419 g/mol. The zero-order valence-corrected chi connectivity index (χ0v) is 18.5. The molecule has 4 rings (SSSR count). The summed E-state index contributed by atoms with van der Waals surface area (Å²) < 4.78 is 11.2. The van der Waals surface area contributed by atoms with Crippen LogP contribution in [-0.2, 0) is 12.8 Å². The van der Waals surface area contributed by atoms with Crippen LogP contribution < -0.4 is 10.1 Å². The molecule has 1 aromatic heterocycles. The number of fused-ring (bicyclic) bond motifs is 1. The third-order valence-corrected chi connectivity index (χ3v) is 6.10. The Morgan fingerprint density at radius 3 is 2.52 bits per heavy atom. The molecule has 3 aromatic rings. The van der Waals surface area contributed by atoms with Gasteiger partial charge in [0.05, 0.1) is 6.54 Å². The molecule has 1 atom stereocenters. The maximum atomic E-state index is 12.7. The summed E-state index contributed by atoms with van der Waals surface area (Å²) in [5, 5.41) is 6.97. The van der Waals surface area contributed by atoms with Crippen LogP contribution in [0.4, 0.5) is 0 Å². The lowest BCUT2D eigenvalue weighted by Crippen LogP contribution is -2.31.